The number of rotatable bonds is 11. The Morgan fingerprint density at radius 1 is 1.27 bits per heavy atom. The van der Waals surface area contributed by atoms with E-state index in [1.54, 1.807) is 24.3 Å². The number of anilines is 1. The van der Waals surface area contributed by atoms with Gasteiger partial charge in [-0.2, -0.15) is 4.39 Å². The van der Waals surface area contributed by atoms with Gasteiger partial charge in [0, 0.05) is 30.8 Å². The van der Waals surface area contributed by atoms with E-state index in [2.05, 4.69) is 26.9 Å². The third-order valence-corrected chi connectivity index (χ3v) is 7.99. The summed E-state index contributed by atoms with van der Waals surface area (Å²) in [5.41, 5.74) is 1.000. The molecule has 0 bridgehead atoms. The lowest BCUT2D eigenvalue weighted by Gasteiger charge is -2.33. The maximum Gasteiger partial charge on any atom is 0.251 e. The van der Waals surface area contributed by atoms with E-state index in [1.807, 2.05) is 20.9 Å². The number of likely N-dealkylation sites (N-methyl/N-ethyl adjacent to an activating group) is 1. The van der Waals surface area contributed by atoms with E-state index in [0.29, 0.717) is 36.6 Å². The first-order chi connectivity index (χ1) is 19.1. The Morgan fingerprint density at radius 3 is 2.65 bits per heavy atom. The molecule has 0 unspecified atom stereocenters. The molecule has 3 heterocycles. The highest BCUT2D eigenvalue weighted by Gasteiger charge is 2.59. The van der Waals surface area contributed by atoms with Crippen molar-refractivity contribution in [3.05, 3.63) is 35.0 Å². The van der Waals surface area contributed by atoms with E-state index in [1.165, 1.54) is 4.90 Å². The van der Waals surface area contributed by atoms with Gasteiger partial charge in [-0.05, 0) is 37.9 Å². The molecule has 4 atom stereocenters. The van der Waals surface area contributed by atoms with Gasteiger partial charge in [0.05, 0.1) is 12.0 Å². The third-order valence-electron chi connectivity index (χ3n) is 7.19. The molecular weight excluding hydrogens is 537 g/mol. The summed E-state index contributed by atoms with van der Waals surface area (Å²) in [6.07, 6.45) is 5.95. The van der Waals surface area contributed by atoms with E-state index in [4.69, 9.17) is 11.2 Å². The van der Waals surface area contributed by atoms with Crippen LogP contribution >= 0.6 is 11.3 Å². The normalized spacial score (nSPS) is 22.1. The first kappa shape index (κ1) is 29.9. The molecule has 2 aliphatic heterocycles. The van der Waals surface area contributed by atoms with Gasteiger partial charge < -0.3 is 35.8 Å². The fourth-order valence-electron chi connectivity index (χ4n) is 5.05. The van der Waals surface area contributed by atoms with Crippen LogP contribution in [0.2, 0.25) is 0 Å². The van der Waals surface area contributed by atoms with Crippen LogP contribution in [0.5, 0.6) is 0 Å². The molecule has 2 aliphatic rings. The van der Waals surface area contributed by atoms with Crippen molar-refractivity contribution in [1.82, 2.24) is 20.5 Å². The monoisotopic (exact) mass is 573 g/mol. The molecule has 0 radical (unpaired) electrons. The van der Waals surface area contributed by atoms with Crippen LogP contribution in [0.25, 0.3) is 11.3 Å². The van der Waals surface area contributed by atoms with Gasteiger partial charge in [-0.25, -0.2) is 4.98 Å². The average Bonchev–Trinajstić information content (AvgIpc) is 3.59. The van der Waals surface area contributed by atoms with Gasteiger partial charge in [-0.3, -0.25) is 9.59 Å². The van der Waals surface area contributed by atoms with E-state index in [0.717, 1.165) is 11.3 Å². The number of likely N-dealkylation sites (tertiary alicyclic amines) is 1. The number of nitrogens with one attached hydrogen (secondary N) is 3. The minimum atomic E-state index is -2.23. The van der Waals surface area contributed by atoms with Crippen LogP contribution < -0.4 is 16.0 Å². The van der Waals surface area contributed by atoms with Crippen LogP contribution in [0.15, 0.2) is 24.3 Å². The number of carbonyl (C=O) groups is 2. The molecule has 2 aromatic rings. The minimum Gasteiger partial charge on any atom is -0.369 e. The fourth-order valence-corrected chi connectivity index (χ4v) is 5.79. The Balaban J connectivity index is 1.49. The van der Waals surface area contributed by atoms with Gasteiger partial charge in [-0.15, -0.1) is 6.42 Å². The van der Waals surface area contributed by atoms with E-state index >= 15 is 0 Å². The molecule has 4 rings (SSSR count). The molecule has 5 N–H and O–H groups in total. The number of hydrogen-bond acceptors (Lipinski definition) is 9. The molecular formula is C28H36FN5O5S. The molecule has 10 nitrogen and oxygen atoms in total. The number of nitrogens with zero attached hydrogens (tertiary/aromatic N) is 2. The van der Waals surface area contributed by atoms with Gasteiger partial charge >= 0.3 is 0 Å². The number of ether oxygens (including phenoxy) is 1. The standard InChI is InChI=1S/C28H36FN5O5S/c1-5-17-14-34(23-22(17)39-15-28(23,37)38)26(36)20(11-6-16(2)3)32-25(35)19-9-7-18(8-10-19)21-24(29)40-27(33-21)31-13-12-30-4/h1,7-10,16-17,20,22-23,30,37-38H,6,11-15H2,2-4H3,(H,31,33)(H,32,35)/t17-,20+,22-,23+/m1/s1. The van der Waals surface area contributed by atoms with Crippen LogP contribution in [0.4, 0.5) is 9.52 Å². The van der Waals surface area contributed by atoms with Crippen LogP contribution in [0.1, 0.15) is 37.0 Å². The zero-order valence-corrected chi connectivity index (χ0v) is 23.6. The maximum absolute atomic E-state index is 14.5. The van der Waals surface area contributed by atoms with Gasteiger partial charge in [0.15, 0.2) is 5.13 Å². The van der Waals surface area contributed by atoms with Crippen molar-refractivity contribution < 1.29 is 28.9 Å². The predicted octanol–water partition coefficient (Wildman–Crippen LogP) is 1.66. The molecule has 2 fully saturated rings. The second-order valence-corrected chi connectivity index (χ2v) is 11.6. The first-order valence-corrected chi connectivity index (χ1v) is 14.2. The third kappa shape index (κ3) is 6.45. The smallest absolute Gasteiger partial charge is 0.251 e. The van der Waals surface area contributed by atoms with Crippen molar-refractivity contribution in [2.24, 2.45) is 11.8 Å². The Bertz CT molecular complexity index is 1240. The number of benzene rings is 1. The van der Waals surface area contributed by atoms with E-state index in [-0.39, 0.29) is 30.3 Å². The number of fused-ring (bicyclic) bond motifs is 1. The van der Waals surface area contributed by atoms with Crippen LogP contribution in [0, 0.1) is 29.3 Å². The van der Waals surface area contributed by atoms with E-state index < -0.39 is 46.8 Å². The quantitative estimate of drug-likeness (QED) is 0.156. The molecule has 1 aromatic carbocycles. The Labute approximate surface area is 237 Å². The summed E-state index contributed by atoms with van der Waals surface area (Å²) in [7, 11) is 1.82. The maximum atomic E-state index is 14.5. The second kappa shape index (κ2) is 12.6. The number of thiazole rings is 1. The number of halogens is 1. The van der Waals surface area contributed by atoms with Crippen LogP contribution in [0.3, 0.4) is 0 Å². The van der Waals surface area contributed by atoms with Crippen LogP contribution in [-0.2, 0) is 9.53 Å². The number of terminal acetylenes is 1. The average molecular weight is 574 g/mol. The van der Waals surface area contributed by atoms with Gasteiger partial charge in [0.25, 0.3) is 5.91 Å². The number of hydrogen-bond donors (Lipinski definition) is 5. The van der Waals surface area contributed by atoms with Crippen molar-refractivity contribution in [3.8, 4) is 23.6 Å². The van der Waals surface area contributed by atoms with Crippen molar-refractivity contribution >= 4 is 28.3 Å². The number of amides is 2. The lowest BCUT2D eigenvalue weighted by Crippen LogP contribution is -2.57. The Hall–Kier alpha value is -3.08. The molecule has 1 aromatic heterocycles. The Kier molecular flexibility index (Phi) is 9.43. The van der Waals surface area contributed by atoms with Crippen molar-refractivity contribution in [2.45, 2.75) is 50.7 Å². The fraction of sp³-hybridized carbons (Fsp3) is 0.536. The summed E-state index contributed by atoms with van der Waals surface area (Å²) in [4.78, 5) is 32.6. The predicted molar refractivity (Wildman–Crippen MR) is 150 cm³/mol. The summed E-state index contributed by atoms with van der Waals surface area (Å²) in [5.74, 6) is -0.796. The van der Waals surface area contributed by atoms with E-state index in [9.17, 15) is 24.2 Å². The van der Waals surface area contributed by atoms with Gasteiger partial charge in [-0.1, -0.05) is 43.2 Å². The minimum absolute atomic E-state index is 0.0985. The lowest BCUT2D eigenvalue weighted by molar-refractivity contribution is -0.191. The zero-order chi connectivity index (χ0) is 29.0. The second-order valence-electron chi connectivity index (χ2n) is 10.6. The summed E-state index contributed by atoms with van der Waals surface area (Å²) in [5, 5.41) is 29.9. The lowest BCUT2D eigenvalue weighted by atomic mass is 9.99. The Morgan fingerprint density at radius 2 is 2.00 bits per heavy atom. The summed E-state index contributed by atoms with van der Waals surface area (Å²) in [6.45, 7) is 5.08. The highest BCUT2D eigenvalue weighted by Crippen LogP contribution is 2.38. The number of aromatic nitrogens is 1. The highest BCUT2D eigenvalue weighted by molar-refractivity contribution is 7.14. The van der Waals surface area contributed by atoms with Crippen molar-refractivity contribution in [2.75, 3.05) is 38.6 Å². The summed E-state index contributed by atoms with van der Waals surface area (Å²) < 4.78 is 20.1. The number of aliphatic hydroxyl groups is 2. The molecule has 0 aliphatic carbocycles. The van der Waals surface area contributed by atoms with Gasteiger partial charge in [0.2, 0.25) is 16.8 Å². The highest BCUT2D eigenvalue weighted by atomic mass is 32.1. The van der Waals surface area contributed by atoms with Crippen molar-refractivity contribution in [3.63, 3.8) is 0 Å². The molecule has 2 amide bonds. The number of carbonyl (C=O) groups excluding carboxylic acids is 2. The first-order valence-electron chi connectivity index (χ1n) is 13.3. The van der Waals surface area contributed by atoms with Crippen molar-refractivity contribution in [1.29, 1.82) is 0 Å². The topological polar surface area (TPSA) is 136 Å². The van der Waals surface area contributed by atoms with Gasteiger partial charge in [0.1, 0.15) is 24.4 Å². The summed E-state index contributed by atoms with van der Waals surface area (Å²) >= 11 is 0.915. The summed E-state index contributed by atoms with van der Waals surface area (Å²) in [6, 6.07) is 4.40. The largest absolute Gasteiger partial charge is 0.369 e. The molecule has 40 heavy (non-hydrogen) atoms. The molecule has 0 spiro atoms. The molecule has 12 heteroatoms. The SMILES string of the molecule is C#C[C@@H]1CN(C(=O)[C@H](CCC(C)C)NC(=O)c2ccc(-c3nc(NCCNC)sc3F)cc2)[C@H]2[C@@H]1OCC2(O)O. The molecule has 2 saturated heterocycles. The molecule has 216 valence electrons. The zero-order valence-electron chi connectivity index (χ0n) is 22.8. The molecule has 0 saturated carbocycles. The van der Waals surface area contributed by atoms with Crippen LogP contribution in [-0.4, -0.2) is 89.2 Å².